The van der Waals surface area contributed by atoms with Crippen molar-refractivity contribution in [3.05, 3.63) is 40.4 Å². The molecule has 0 bridgehead atoms. The highest BCUT2D eigenvalue weighted by Gasteiger charge is 2.09. The van der Waals surface area contributed by atoms with Crippen molar-refractivity contribution in [3.63, 3.8) is 0 Å². The zero-order valence-corrected chi connectivity index (χ0v) is 11.5. The van der Waals surface area contributed by atoms with Gasteiger partial charge in [-0.1, -0.05) is 22.5 Å². The molecule has 0 N–H and O–H groups in total. The maximum Gasteiger partial charge on any atom is 0.336 e. The van der Waals surface area contributed by atoms with Crippen LogP contribution in [0.1, 0.15) is 12.5 Å². The molecule has 0 spiro atoms. The van der Waals surface area contributed by atoms with Crippen LogP contribution in [0.4, 0.5) is 0 Å². The van der Waals surface area contributed by atoms with E-state index in [0.29, 0.717) is 12.2 Å². The van der Waals surface area contributed by atoms with Crippen LogP contribution in [0.15, 0.2) is 34.8 Å². The number of ether oxygens (including phenoxy) is 2. The average Bonchev–Trinajstić information content (AvgIpc) is 2.27. The third kappa shape index (κ3) is 4.23. The van der Waals surface area contributed by atoms with Crippen molar-refractivity contribution < 1.29 is 14.3 Å². The number of halogens is 1. The Labute approximate surface area is 110 Å². The van der Waals surface area contributed by atoms with Gasteiger partial charge in [-0.25, -0.2) is 4.79 Å². The molecule has 0 amide bonds. The Morgan fingerprint density at radius 3 is 2.76 bits per heavy atom. The molecule has 17 heavy (non-hydrogen) atoms. The van der Waals surface area contributed by atoms with Crippen molar-refractivity contribution in [1.29, 1.82) is 0 Å². The van der Waals surface area contributed by atoms with Crippen LogP contribution < -0.4 is 4.74 Å². The smallest absolute Gasteiger partial charge is 0.336 e. The van der Waals surface area contributed by atoms with Gasteiger partial charge < -0.3 is 9.47 Å². The Morgan fingerprint density at radius 2 is 2.18 bits per heavy atom. The summed E-state index contributed by atoms with van der Waals surface area (Å²) in [6.45, 7) is 7.80. The Balaban J connectivity index is 2.56. The van der Waals surface area contributed by atoms with E-state index in [0.717, 1.165) is 15.8 Å². The number of hydrogen-bond donors (Lipinski definition) is 0. The predicted molar refractivity (Wildman–Crippen MR) is 70.1 cm³/mol. The maximum absolute atomic E-state index is 11.3. The summed E-state index contributed by atoms with van der Waals surface area (Å²) in [5.41, 5.74) is 1.31. The first-order valence-electron chi connectivity index (χ1n) is 5.28. The lowest BCUT2D eigenvalue weighted by atomic mass is 10.2. The normalized spacial score (nSPS) is 9.82. The average molecular weight is 299 g/mol. The lowest BCUT2D eigenvalue weighted by molar-refractivity contribution is -0.138. The van der Waals surface area contributed by atoms with E-state index < -0.39 is 5.97 Å². The number of benzene rings is 1. The van der Waals surface area contributed by atoms with Gasteiger partial charge in [0, 0.05) is 4.47 Å². The molecule has 0 heterocycles. The Bertz CT molecular complexity index is 427. The first-order chi connectivity index (χ1) is 8.04. The first-order valence-corrected chi connectivity index (χ1v) is 6.07. The zero-order chi connectivity index (χ0) is 12.8. The molecule has 0 aliphatic carbocycles. The monoisotopic (exact) mass is 298 g/mol. The van der Waals surface area contributed by atoms with Gasteiger partial charge in [0.2, 0.25) is 0 Å². The van der Waals surface area contributed by atoms with Crippen molar-refractivity contribution in [1.82, 2.24) is 0 Å². The molecule has 0 radical (unpaired) electrons. The summed E-state index contributed by atoms with van der Waals surface area (Å²) in [5, 5.41) is 0. The summed E-state index contributed by atoms with van der Waals surface area (Å²) < 4.78 is 11.3. The molecular weight excluding hydrogens is 284 g/mol. The van der Waals surface area contributed by atoms with Gasteiger partial charge in [0.25, 0.3) is 0 Å². The van der Waals surface area contributed by atoms with Gasteiger partial charge in [0.05, 0.1) is 12.2 Å². The van der Waals surface area contributed by atoms with Gasteiger partial charge in [-0.15, -0.1) is 0 Å². The number of aryl methyl sites for hydroxylation is 1. The Hall–Kier alpha value is -1.29. The minimum atomic E-state index is -0.415. The van der Waals surface area contributed by atoms with Crippen LogP contribution in [0.5, 0.6) is 5.75 Å². The van der Waals surface area contributed by atoms with Crippen LogP contribution in [0, 0.1) is 6.92 Å². The summed E-state index contributed by atoms with van der Waals surface area (Å²) in [6, 6.07) is 5.68. The molecule has 0 saturated heterocycles. The van der Waals surface area contributed by atoms with Gasteiger partial charge in [0.15, 0.2) is 0 Å². The minimum Gasteiger partial charge on any atom is -0.488 e. The van der Waals surface area contributed by atoms with Gasteiger partial charge in [-0.2, -0.15) is 0 Å². The van der Waals surface area contributed by atoms with Gasteiger partial charge in [0.1, 0.15) is 12.4 Å². The summed E-state index contributed by atoms with van der Waals surface area (Å²) in [5.74, 6) is 0.320. The van der Waals surface area contributed by atoms with Crippen molar-refractivity contribution in [3.8, 4) is 5.75 Å². The van der Waals surface area contributed by atoms with E-state index in [2.05, 4.69) is 22.5 Å². The van der Waals surface area contributed by atoms with Crippen molar-refractivity contribution in [2.45, 2.75) is 13.8 Å². The van der Waals surface area contributed by atoms with Crippen LogP contribution >= 0.6 is 15.9 Å². The maximum atomic E-state index is 11.3. The molecule has 0 aliphatic heterocycles. The van der Waals surface area contributed by atoms with Crippen LogP contribution in [-0.2, 0) is 9.53 Å². The topological polar surface area (TPSA) is 35.5 Å². The Kier molecular flexibility index (Phi) is 5.22. The van der Waals surface area contributed by atoms with Crippen LogP contribution in [0.2, 0.25) is 0 Å². The second-order valence-corrected chi connectivity index (χ2v) is 4.44. The molecule has 3 nitrogen and oxygen atoms in total. The summed E-state index contributed by atoms with van der Waals surface area (Å²) in [6.07, 6.45) is 0. The van der Waals surface area contributed by atoms with Crippen molar-refractivity contribution in [2.75, 3.05) is 13.2 Å². The number of esters is 1. The molecule has 4 heteroatoms. The van der Waals surface area contributed by atoms with E-state index in [-0.39, 0.29) is 6.61 Å². The fraction of sp³-hybridized carbons (Fsp3) is 0.308. The summed E-state index contributed by atoms with van der Waals surface area (Å²) >= 11 is 3.37. The fourth-order valence-corrected chi connectivity index (χ4v) is 1.71. The predicted octanol–water partition coefficient (Wildman–Crippen LogP) is 3.26. The SMILES string of the molecule is C=C(COc1ccc(Br)cc1C)C(=O)OCC. The van der Waals surface area contributed by atoms with Crippen molar-refractivity contribution >= 4 is 21.9 Å². The fourth-order valence-electron chi connectivity index (χ4n) is 1.23. The molecule has 0 aliphatic rings. The highest BCUT2D eigenvalue weighted by Crippen LogP contribution is 2.22. The number of carbonyl (C=O) groups is 1. The largest absolute Gasteiger partial charge is 0.488 e. The van der Waals surface area contributed by atoms with E-state index >= 15 is 0 Å². The first kappa shape index (κ1) is 13.8. The summed E-state index contributed by atoms with van der Waals surface area (Å²) in [4.78, 5) is 11.3. The van der Waals surface area contributed by atoms with Gasteiger partial charge in [-0.05, 0) is 37.6 Å². The lowest BCUT2D eigenvalue weighted by Gasteiger charge is -2.10. The number of rotatable bonds is 5. The highest BCUT2D eigenvalue weighted by molar-refractivity contribution is 9.10. The summed E-state index contributed by atoms with van der Waals surface area (Å²) in [7, 11) is 0. The molecule has 0 aromatic heterocycles. The van der Waals surface area contributed by atoms with Crippen molar-refractivity contribution in [2.24, 2.45) is 0 Å². The number of hydrogen-bond acceptors (Lipinski definition) is 3. The van der Waals surface area contributed by atoms with E-state index in [1.54, 1.807) is 6.92 Å². The molecule has 92 valence electrons. The molecular formula is C13H15BrO3. The minimum absolute atomic E-state index is 0.140. The molecule has 0 fully saturated rings. The van der Waals surface area contributed by atoms with E-state index in [4.69, 9.17) is 9.47 Å². The van der Waals surface area contributed by atoms with Crippen LogP contribution in [0.3, 0.4) is 0 Å². The standard InChI is InChI=1S/C13H15BrO3/c1-4-16-13(15)10(3)8-17-12-6-5-11(14)7-9(12)2/h5-7H,3-4,8H2,1-2H3. The van der Waals surface area contributed by atoms with Crippen LogP contribution in [-0.4, -0.2) is 19.2 Å². The quantitative estimate of drug-likeness (QED) is 0.618. The molecule has 1 rings (SSSR count). The molecule has 0 unspecified atom stereocenters. The highest BCUT2D eigenvalue weighted by atomic mass is 79.9. The molecule has 1 aromatic rings. The van der Waals surface area contributed by atoms with Gasteiger partial charge >= 0.3 is 5.97 Å². The van der Waals surface area contributed by atoms with E-state index in [9.17, 15) is 4.79 Å². The second kappa shape index (κ2) is 6.45. The third-order valence-electron chi connectivity index (χ3n) is 2.10. The second-order valence-electron chi connectivity index (χ2n) is 3.52. The number of carbonyl (C=O) groups excluding carboxylic acids is 1. The third-order valence-corrected chi connectivity index (χ3v) is 2.60. The zero-order valence-electron chi connectivity index (χ0n) is 9.96. The van der Waals surface area contributed by atoms with Gasteiger partial charge in [-0.3, -0.25) is 0 Å². The van der Waals surface area contributed by atoms with E-state index in [1.165, 1.54) is 0 Å². The molecule has 0 atom stereocenters. The molecule has 1 aromatic carbocycles. The Morgan fingerprint density at radius 1 is 1.47 bits per heavy atom. The van der Waals surface area contributed by atoms with E-state index in [1.807, 2.05) is 25.1 Å². The molecule has 0 saturated carbocycles. The van der Waals surface area contributed by atoms with Crippen LogP contribution in [0.25, 0.3) is 0 Å². The lowest BCUT2D eigenvalue weighted by Crippen LogP contribution is -2.13.